The van der Waals surface area contributed by atoms with Crippen LogP contribution in [-0.4, -0.2) is 69.1 Å². The highest BCUT2D eigenvalue weighted by atomic mass is 19.1. The summed E-state index contributed by atoms with van der Waals surface area (Å²) in [6, 6.07) is 4.43. The second kappa shape index (κ2) is 11.7. The van der Waals surface area contributed by atoms with Crippen LogP contribution in [-0.2, 0) is 11.2 Å². The molecule has 3 aromatic rings. The molecule has 1 N–H and O–H groups in total. The lowest BCUT2D eigenvalue weighted by Gasteiger charge is -2.29. The number of nitrogens with zero attached hydrogens (tertiary/aromatic N) is 4. The number of likely N-dealkylation sites (tertiary alicyclic amines) is 1. The van der Waals surface area contributed by atoms with Gasteiger partial charge in [0.15, 0.2) is 0 Å². The van der Waals surface area contributed by atoms with Crippen molar-refractivity contribution in [3.8, 4) is 5.69 Å². The van der Waals surface area contributed by atoms with Crippen LogP contribution < -0.4 is 0 Å². The van der Waals surface area contributed by atoms with Gasteiger partial charge in [-0.05, 0) is 107 Å². The molecule has 2 aliphatic rings. The number of fused-ring (bicyclic) bond motifs is 1. The summed E-state index contributed by atoms with van der Waals surface area (Å²) in [5.74, 6) is -0.352. The van der Waals surface area contributed by atoms with E-state index in [2.05, 4.69) is 23.0 Å². The predicted molar refractivity (Wildman–Crippen MR) is 154 cm³/mol. The molecule has 1 saturated heterocycles. The van der Waals surface area contributed by atoms with Crippen LogP contribution in [0, 0.1) is 30.5 Å². The third-order valence-electron chi connectivity index (χ3n) is 9.12. The summed E-state index contributed by atoms with van der Waals surface area (Å²) in [5.41, 5.74) is 4.24. The number of carboxylic acids is 1. The summed E-state index contributed by atoms with van der Waals surface area (Å²) in [5, 5.41) is 10.5. The average Bonchev–Trinajstić information content (AvgIpc) is 3.53. The number of benzene rings is 1. The third-order valence-corrected chi connectivity index (χ3v) is 9.12. The van der Waals surface area contributed by atoms with Crippen molar-refractivity contribution >= 4 is 22.8 Å². The Balaban J connectivity index is 1.38. The van der Waals surface area contributed by atoms with E-state index < -0.39 is 11.8 Å². The fraction of sp³-hybridized carbons (Fsp3) is 0.531. The topological polar surface area (TPSA) is 78.7 Å². The average molecular weight is 549 g/mol. The molecule has 3 heterocycles. The Labute approximate surface area is 236 Å². The van der Waals surface area contributed by atoms with Gasteiger partial charge in [-0.1, -0.05) is 0 Å². The maximum atomic E-state index is 14.4. The number of rotatable bonds is 8. The number of aryl methyl sites for hydroxylation is 1. The minimum atomic E-state index is -0.645. The molecule has 214 valence electrons. The maximum Gasteiger partial charge on any atom is 0.306 e. The van der Waals surface area contributed by atoms with E-state index in [0.29, 0.717) is 23.1 Å². The van der Waals surface area contributed by atoms with Crippen molar-refractivity contribution in [2.45, 2.75) is 65.3 Å². The molecule has 1 saturated carbocycles. The molecule has 1 aliphatic heterocycles. The number of hydrogen-bond acceptors (Lipinski definition) is 4. The van der Waals surface area contributed by atoms with Crippen LogP contribution in [0.4, 0.5) is 4.39 Å². The standard InChI is InChI=1S/C32H41FN4O3/c1-20(2)35(4)31(38)27-14-26(33)9-10-28(27)37-19-25(30-21(3)15-34-16-29(30)37)13-23-11-12-36(18-23)17-22-5-7-24(8-6-22)32(39)40/h9-10,14-16,19-20,22-24H,5-8,11-13,17-18H2,1-4H3,(H,39,40)/t22-,23-,24-/m0/s1. The number of carboxylic acid groups (broad SMARTS) is 1. The van der Waals surface area contributed by atoms with Gasteiger partial charge in [0.1, 0.15) is 5.82 Å². The minimum Gasteiger partial charge on any atom is -0.481 e. The van der Waals surface area contributed by atoms with E-state index in [-0.39, 0.29) is 17.9 Å². The molecule has 7 nitrogen and oxygen atoms in total. The van der Waals surface area contributed by atoms with Crippen molar-refractivity contribution in [2.75, 3.05) is 26.7 Å². The largest absolute Gasteiger partial charge is 0.481 e. The van der Waals surface area contributed by atoms with Crippen LogP contribution in [0.5, 0.6) is 0 Å². The van der Waals surface area contributed by atoms with E-state index >= 15 is 0 Å². The van der Waals surface area contributed by atoms with Gasteiger partial charge in [0.2, 0.25) is 0 Å². The van der Waals surface area contributed by atoms with E-state index in [9.17, 15) is 19.1 Å². The normalized spacial score (nSPS) is 21.8. The Morgan fingerprint density at radius 2 is 1.88 bits per heavy atom. The Morgan fingerprint density at radius 1 is 1.12 bits per heavy atom. The van der Waals surface area contributed by atoms with Crippen LogP contribution in [0.15, 0.2) is 36.8 Å². The van der Waals surface area contributed by atoms with Gasteiger partial charge < -0.3 is 19.5 Å². The molecule has 2 fully saturated rings. The molecule has 1 amide bonds. The first-order valence-electron chi connectivity index (χ1n) is 14.6. The summed E-state index contributed by atoms with van der Waals surface area (Å²) in [6.45, 7) is 9.12. The molecule has 0 unspecified atom stereocenters. The predicted octanol–water partition coefficient (Wildman–Crippen LogP) is 5.71. The lowest BCUT2D eigenvalue weighted by Crippen LogP contribution is -2.33. The van der Waals surface area contributed by atoms with E-state index in [1.165, 1.54) is 17.7 Å². The molecule has 1 aromatic carbocycles. The van der Waals surface area contributed by atoms with Gasteiger partial charge in [-0.2, -0.15) is 0 Å². The molecule has 8 heteroatoms. The Kier molecular flexibility index (Phi) is 8.26. The number of amides is 1. The number of hydrogen-bond donors (Lipinski definition) is 1. The quantitative estimate of drug-likeness (QED) is 0.390. The van der Waals surface area contributed by atoms with Crippen molar-refractivity contribution in [1.29, 1.82) is 0 Å². The van der Waals surface area contributed by atoms with Gasteiger partial charge in [0.05, 0.1) is 28.9 Å². The molecule has 1 aliphatic carbocycles. The summed E-state index contributed by atoms with van der Waals surface area (Å²) < 4.78 is 16.4. The minimum absolute atomic E-state index is 0.0120. The summed E-state index contributed by atoms with van der Waals surface area (Å²) >= 11 is 0. The Hall–Kier alpha value is -3.26. The van der Waals surface area contributed by atoms with Crippen molar-refractivity contribution in [2.24, 2.45) is 17.8 Å². The zero-order valence-corrected chi connectivity index (χ0v) is 24.1. The maximum absolute atomic E-state index is 14.4. The molecular weight excluding hydrogens is 507 g/mol. The lowest BCUT2D eigenvalue weighted by molar-refractivity contribution is -0.143. The summed E-state index contributed by atoms with van der Waals surface area (Å²) in [6.07, 6.45) is 11.5. The number of carbonyl (C=O) groups excluding carboxylic acids is 1. The highest BCUT2D eigenvalue weighted by Gasteiger charge is 2.30. The van der Waals surface area contributed by atoms with Crippen molar-refractivity contribution in [3.05, 3.63) is 59.3 Å². The van der Waals surface area contributed by atoms with Crippen LogP contribution in [0.25, 0.3) is 16.6 Å². The van der Waals surface area contributed by atoms with Crippen LogP contribution in [0.3, 0.4) is 0 Å². The first kappa shape index (κ1) is 28.3. The molecule has 0 spiro atoms. The molecule has 2 aromatic heterocycles. The van der Waals surface area contributed by atoms with Gasteiger partial charge in [-0.25, -0.2) is 4.39 Å². The van der Waals surface area contributed by atoms with E-state index in [4.69, 9.17) is 0 Å². The lowest BCUT2D eigenvalue weighted by atomic mass is 9.82. The summed E-state index contributed by atoms with van der Waals surface area (Å²) in [7, 11) is 1.75. The molecule has 40 heavy (non-hydrogen) atoms. The fourth-order valence-electron chi connectivity index (χ4n) is 6.62. The van der Waals surface area contributed by atoms with Gasteiger partial charge in [-0.3, -0.25) is 14.6 Å². The molecule has 1 atom stereocenters. The number of halogens is 1. The van der Waals surface area contributed by atoms with E-state index in [1.54, 1.807) is 18.0 Å². The van der Waals surface area contributed by atoms with Gasteiger partial charge >= 0.3 is 5.97 Å². The zero-order valence-electron chi connectivity index (χ0n) is 24.1. The number of aromatic nitrogens is 2. The second-order valence-corrected chi connectivity index (χ2v) is 12.2. The Morgan fingerprint density at radius 3 is 2.58 bits per heavy atom. The van der Waals surface area contributed by atoms with Crippen LogP contribution in [0.1, 0.15) is 67.4 Å². The van der Waals surface area contributed by atoms with Gasteiger partial charge in [-0.15, -0.1) is 0 Å². The highest BCUT2D eigenvalue weighted by Crippen LogP contribution is 2.34. The zero-order chi connectivity index (χ0) is 28.6. The monoisotopic (exact) mass is 548 g/mol. The van der Waals surface area contributed by atoms with Crippen LogP contribution >= 0.6 is 0 Å². The number of carbonyl (C=O) groups is 2. The number of aliphatic carboxylic acids is 1. The SMILES string of the molecule is Cc1cncc2c1c(C[C@@H]1CCN(C[C@H]3CC[C@H](C(=O)O)CC3)C1)cn2-c1ccc(F)cc1C(=O)N(C)C(C)C. The van der Waals surface area contributed by atoms with Crippen molar-refractivity contribution in [3.63, 3.8) is 0 Å². The van der Waals surface area contributed by atoms with Gasteiger partial charge in [0.25, 0.3) is 5.91 Å². The van der Waals surface area contributed by atoms with E-state index in [0.717, 1.165) is 74.6 Å². The van der Waals surface area contributed by atoms with E-state index in [1.807, 2.05) is 30.8 Å². The third kappa shape index (κ3) is 5.78. The highest BCUT2D eigenvalue weighted by molar-refractivity contribution is 5.99. The summed E-state index contributed by atoms with van der Waals surface area (Å²) in [4.78, 5) is 33.3. The smallest absolute Gasteiger partial charge is 0.306 e. The Bertz CT molecular complexity index is 1390. The fourth-order valence-corrected chi connectivity index (χ4v) is 6.62. The second-order valence-electron chi connectivity index (χ2n) is 12.2. The molecule has 0 radical (unpaired) electrons. The molecule has 0 bridgehead atoms. The molecular formula is C32H41FN4O3. The first-order chi connectivity index (χ1) is 19.1. The number of pyridine rings is 1. The van der Waals surface area contributed by atoms with Gasteiger partial charge in [0, 0.05) is 44.0 Å². The van der Waals surface area contributed by atoms with Crippen molar-refractivity contribution in [1.82, 2.24) is 19.4 Å². The molecule has 5 rings (SSSR count). The van der Waals surface area contributed by atoms with Crippen LogP contribution in [0.2, 0.25) is 0 Å². The van der Waals surface area contributed by atoms with Crippen molar-refractivity contribution < 1.29 is 19.1 Å². The first-order valence-corrected chi connectivity index (χ1v) is 14.6.